The molecule has 1 unspecified atom stereocenters. The molecule has 1 atom stereocenters. The lowest BCUT2D eigenvalue weighted by Gasteiger charge is -2.35. The summed E-state index contributed by atoms with van der Waals surface area (Å²) in [6, 6.07) is 7.23. The van der Waals surface area contributed by atoms with Gasteiger partial charge in [-0.3, -0.25) is 9.64 Å². The highest BCUT2D eigenvalue weighted by Gasteiger charge is 2.50. The van der Waals surface area contributed by atoms with E-state index in [1.54, 1.807) is 24.4 Å². The normalized spacial score (nSPS) is 19.6. The molecule has 0 saturated heterocycles. The summed E-state index contributed by atoms with van der Waals surface area (Å²) in [5, 5.41) is 12.0. The van der Waals surface area contributed by atoms with Crippen LogP contribution in [0, 0.1) is 13.1 Å². The van der Waals surface area contributed by atoms with E-state index in [1.807, 2.05) is 12.1 Å². The van der Waals surface area contributed by atoms with Gasteiger partial charge < -0.3 is 14.7 Å². The largest absolute Gasteiger partial charge is 0.616 e. The fourth-order valence-electron chi connectivity index (χ4n) is 2.84. The van der Waals surface area contributed by atoms with Gasteiger partial charge in [0.25, 0.3) is 0 Å². The molecule has 0 saturated carbocycles. The topological polar surface area (TPSA) is 61.3 Å². The summed E-state index contributed by atoms with van der Waals surface area (Å²) in [6.07, 6.45) is 3.23. The average molecular weight is 322 g/mol. The van der Waals surface area contributed by atoms with Gasteiger partial charge in [0, 0.05) is 18.7 Å². The molecule has 0 aromatic heterocycles. The van der Waals surface area contributed by atoms with Crippen molar-refractivity contribution in [1.82, 2.24) is 4.90 Å². The predicted octanol–water partition coefficient (Wildman–Crippen LogP) is 2.12. The lowest BCUT2D eigenvalue weighted by Crippen LogP contribution is -2.46. The first-order valence-corrected chi connectivity index (χ1v) is 7.22. The number of benzene rings is 1. The predicted molar refractivity (Wildman–Crippen MR) is 86.4 cm³/mol. The van der Waals surface area contributed by atoms with Crippen molar-refractivity contribution in [3.05, 3.63) is 75.9 Å². The standard InChI is InChI=1S/C18H17N3O3/c1-13(22)21-10-9-14-7-5-6-8-16(14)18(21,20-3)11-15(12-19-2)17(23)24-4/h5-10,23H,11-12H2,1,4H3/p-1/b17-15+. The van der Waals surface area contributed by atoms with Crippen LogP contribution < -0.4 is 5.11 Å². The van der Waals surface area contributed by atoms with Crippen LogP contribution in [0.2, 0.25) is 0 Å². The van der Waals surface area contributed by atoms with Gasteiger partial charge in [-0.1, -0.05) is 18.2 Å². The van der Waals surface area contributed by atoms with Crippen LogP contribution in [0.15, 0.2) is 42.0 Å². The molecule has 1 aliphatic heterocycles. The summed E-state index contributed by atoms with van der Waals surface area (Å²) < 4.78 is 4.74. The molecule has 6 heteroatoms. The van der Waals surface area contributed by atoms with Crippen LogP contribution in [-0.4, -0.2) is 24.5 Å². The molecule has 1 aliphatic rings. The van der Waals surface area contributed by atoms with Crippen molar-refractivity contribution in [3.8, 4) is 0 Å². The third-order valence-electron chi connectivity index (χ3n) is 3.92. The van der Waals surface area contributed by atoms with Crippen molar-refractivity contribution in [2.45, 2.75) is 19.0 Å². The number of amides is 1. The van der Waals surface area contributed by atoms with E-state index in [0.29, 0.717) is 5.56 Å². The molecule has 0 N–H and O–H groups in total. The fraction of sp³-hybridized carbons (Fsp3) is 0.278. The van der Waals surface area contributed by atoms with Crippen molar-refractivity contribution >= 4 is 12.0 Å². The molecule has 24 heavy (non-hydrogen) atoms. The number of hydrogen-bond donors (Lipinski definition) is 0. The summed E-state index contributed by atoms with van der Waals surface area (Å²) in [5.74, 6) is -0.951. The van der Waals surface area contributed by atoms with Crippen molar-refractivity contribution in [3.63, 3.8) is 0 Å². The smallest absolute Gasteiger partial charge is 0.344 e. The zero-order valence-electron chi connectivity index (χ0n) is 13.4. The van der Waals surface area contributed by atoms with E-state index < -0.39 is 11.6 Å². The van der Waals surface area contributed by atoms with Gasteiger partial charge >= 0.3 is 5.66 Å². The maximum atomic E-state index is 12.1. The van der Waals surface area contributed by atoms with Crippen LogP contribution in [0.1, 0.15) is 24.5 Å². The highest BCUT2D eigenvalue weighted by atomic mass is 16.6. The van der Waals surface area contributed by atoms with Gasteiger partial charge in [-0.2, -0.15) is 0 Å². The zero-order chi connectivity index (χ0) is 17.7. The van der Waals surface area contributed by atoms with Crippen LogP contribution in [0.25, 0.3) is 15.8 Å². The van der Waals surface area contributed by atoms with E-state index in [-0.39, 0.29) is 24.4 Å². The third kappa shape index (κ3) is 2.82. The first-order valence-electron chi connectivity index (χ1n) is 7.22. The first-order chi connectivity index (χ1) is 11.5. The molecule has 1 amide bonds. The van der Waals surface area contributed by atoms with E-state index in [9.17, 15) is 9.90 Å². The molecule has 1 heterocycles. The summed E-state index contributed by atoms with van der Waals surface area (Å²) in [4.78, 5) is 20.4. The molecule has 0 radical (unpaired) electrons. The number of methoxy groups -OCH3 is 1. The van der Waals surface area contributed by atoms with Crippen molar-refractivity contribution in [2.24, 2.45) is 0 Å². The lowest BCUT2D eigenvalue weighted by molar-refractivity contribution is -0.355. The van der Waals surface area contributed by atoms with Crippen LogP contribution in [0.5, 0.6) is 0 Å². The number of nitrogens with zero attached hydrogens (tertiary/aromatic N) is 3. The number of ether oxygens (including phenoxy) is 1. The number of hydrogen-bond acceptors (Lipinski definition) is 3. The van der Waals surface area contributed by atoms with Crippen LogP contribution >= 0.6 is 0 Å². The average Bonchev–Trinajstić information content (AvgIpc) is 2.60. The molecule has 122 valence electrons. The van der Waals surface area contributed by atoms with E-state index in [4.69, 9.17) is 17.9 Å². The van der Waals surface area contributed by atoms with E-state index in [0.717, 1.165) is 5.56 Å². The Morgan fingerprint density at radius 3 is 2.67 bits per heavy atom. The summed E-state index contributed by atoms with van der Waals surface area (Å²) in [7, 11) is 1.23. The first kappa shape index (κ1) is 17.1. The Labute approximate surface area is 140 Å². The second-order valence-corrected chi connectivity index (χ2v) is 5.31. The van der Waals surface area contributed by atoms with Gasteiger partial charge in [0.15, 0.2) is 0 Å². The Balaban J connectivity index is 2.66. The minimum absolute atomic E-state index is 0.0769. The SMILES string of the molecule is [C-]#[N+]C/C(CC1([N+]#[C-])c2ccccc2C=CN1C(C)=O)=C(\[O-])OC. The summed E-state index contributed by atoms with van der Waals surface area (Å²) in [6.45, 7) is 16.0. The monoisotopic (exact) mass is 322 g/mol. The fourth-order valence-corrected chi connectivity index (χ4v) is 2.84. The maximum absolute atomic E-state index is 12.1. The van der Waals surface area contributed by atoms with Crippen molar-refractivity contribution in [2.75, 3.05) is 13.7 Å². The van der Waals surface area contributed by atoms with Gasteiger partial charge in [-0.25, -0.2) is 18.0 Å². The van der Waals surface area contributed by atoms with Gasteiger partial charge in [0.1, 0.15) is 0 Å². The van der Waals surface area contributed by atoms with E-state index in [1.165, 1.54) is 18.9 Å². The van der Waals surface area contributed by atoms with Gasteiger partial charge in [-0.05, 0) is 24.8 Å². The molecule has 0 bridgehead atoms. The zero-order valence-corrected chi connectivity index (χ0v) is 13.4. The summed E-state index contributed by atoms with van der Waals surface area (Å²) >= 11 is 0. The van der Waals surface area contributed by atoms with Crippen LogP contribution in [0.3, 0.4) is 0 Å². The molecule has 2 rings (SSSR count). The number of carbonyl (C=O) groups is 1. The number of carbonyl (C=O) groups excluding carboxylic acids is 1. The lowest BCUT2D eigenvalue weighted by atomic mass is 9.85. The minimum atomic E-state index is -1.40. The second kappa shape index (κ2) is 6.89. The van der Waals surface area contributed by atoms with Crippen molar-refractivity contribution < 1.29 is 14.6 Å². The maximum Gasteiger partial charge on any atom is 0.344 e. The highest BCUT2D eigenvalue weighted by molar-refractivity contribution is 5.79. The minimum Gasteiger partial charge on any atom is -0.616 e. The molecule has 1 aromatic carbocycles. The molecular weight excluding hydrogens is 306 g/mol. The molecule has 0 aliphatic carbocycles. The Morgan fingerprint density at radius 2 is 2.08 bits per heavy atom. The molecule has 0 fully saturated rings. The molecule has 1 aromatic rings. The Hall–Kier alpha value is -3.25. The van der Waals surface area contributed by atoms with Crippen molar-refractivity contribution in [1.29, 1.82) is 0 Å². The second-order valence-electron chi connectivity index (χ2n) is 5.31. The number of rotatable bonds is 4. The van der Waals surface area contributed by atoms with E-state index in [2.05, 4.69) is 9.69 Å². The highest BCUT2D eigenvalue weighted by Crippen LogP contribution is 2.42. The summed E-state index contributed by atoms with van der Waals surface area (Å²) in [5.41, 5.74) is 0.202. The van der Waals surface area contributed by atoms with E-state index >= 15 is 0 Å². The van der Waals surface area contributed by atoms with Crippen LogP contribution in [-0.2, 0) is 15.2 Å². The Bertz CT molecular complexity index is 798. The quantitative estimate of drug-likeness (QED) is 0.630. The van der Waals surface area contributed by atoms with Gasteiger partial charge in [0.05, 0.1) is 17.9 Å². The van der Waals surface area contributed by atoms with Gasteiger partial charge in [0.2, 0.25) is 12.5 Å². The molecular formula is C18H16N3O3-. The Kier molecular flexibility index (Phi) is 4.91. The van der Waals surface area contributed by atoms with Crippen LogP contribution in [0.4, 0.5) is 0 Å². The molecule has 6 nitrogen and oxygen atoms in total. The molecule has 0 spiro atoms. The Morgan fingerprint density at radius 1 is 1.38 bits per heavy atom. The third-order valence-corrected chi connectivity index (χ3v) is 3.92. The number of fused-ring (bicyclic) bond motifs is 1. The van der Waals surface area contributed by atoms with Gasteiger partial charge in [-0.15, -0.1) is 0 Å².